The Morgan fingerprint density at radius 1 is 0.952 bits per heavy atom. The van der Waals surface area contributed by atoms with Crippen LogP contribution >= 0.6 is 15.9 Å². The number of benzene rings is 2. The first-order valence-corrected chi connectivity index (χ1v) is 15.4. The van der Waals surface area contributed by atoms with Gasteiger partial charge in [0.05, 0.1) is 17.8 Å². The fourth-order valence-electron chi connectivity index (χ4n) is 6.60. The minimum Gasteiger partial charge on any atom is -0.379 e. The van der Waals surface area contributed by atoms with E-state index in [9.17, 15) is 14.4 Å². The topological polar surface area (TPSA) is 99.6 Å². The number of imide groups is 1. The van der Waals surface area contributed by atoms with Crippen molar-refractivity contribution in [2.75, 3.05) is 38.5 Å². The third kappa shape index (κ3) is 6.21. The number of anilines is 1. The fraction of sp³-hybridized carbons (Fsp3) is 0.438. The lowest BCUT2D eigenvalue weighted by molar-refractivity contribution is -0.134. The van der Waals surface area contributed by atoms with Crippen molar-refractivity contribution in [1.82, 2.24) is 24.9 Å². The molecule has 1 aromatic heterocycles. The second-order valence-electron chi connectivity index (χ2n) is 12.1. The van der Waals surface area contributed by atoms with Gasteiger partial charge in [-0.2, -0.15) is 5.10 Å². The van der Waals surface area contributed by atoms with E-state index in [4.69, 9.17) is 0 Å². The molecule has 42 heavy (non-hydrogen) atoms. The third-order valence-corrected chi connectivity index (χ3v) is 9.68. The van der Waals surface area contributed by atoms with Gasteiger partial charge >= 0.3 is 0 Å². The summed E-state index contributed by atoms with van der Waals surface area (Å²) in [5.74, 6) is 0.269. The molecule has 0 saturated carbocycles. The molecule has 0 spiro atoms. The molecule has 3 atom stereocenters. The average Bonchev–Trinajstić information content (AvgIpc) is 2.95. The van der Waals surface area contributed by atoms with Crippen LogP contribution in [-0.4, -0.2) is 70.7 Å². The van der Waals surface area contributed by atoms with Gasteiger partial charge in [0.15, 0.2) is 0 Å². The number of carbonyl (C=O) groups is 2. The number of hydrogen-bond acceptors (Lipinski definition) is 7. The predicted molar refractivity (Wildman–Crippen MR) is 165 cm³/mol. The molecule has 3 fully saturated rings. The molecule has 3 unspecified atom stereocenters. The Labute approximate surface area is 254 Å². The van der Waals surface area contributed by atoms with Crippen LogP contribution < -0.4 is 16.2 Å². The van der Waals surface area contributed by atoms with Gasteiger partial charge in [-0.3, -0.25) is 24.6 Å². The van der Waals surface area contributed by atoms with Crippen LogP contribution in [0.2, 0.25) is 0 Å². The number of piperidine rings is 2. The van der Waals surface area contributed by atoms with Crippen LogP contribution in [0.25, 0.3) is 0 Å². The van der Waals surface area contributed by atoms with Crippen LogP contribution in [0.5, 0.6) is 0 Å². The van der Waals surface area contributed by atoms with Gasteiger partial charge in [-0.25, -0.2) is 4.68 Å². The lowest BCUT2D eigenvalue weighted by Gasteiger charge is -2.40. The van der Waals surface area contributed by atoms with E-state index in [0.29, 0.717) is 29.2 Å². The van der Waals surface area contributed by atoms with E-state index < -0.39 is 0 Å². The molecule has 6 rings (SSSR count). The summed E-state index contributed by atoms with van der Waals surface area (Å²) in [5, 5.41) is 10.2. The molecule has 3 aromatic rings. The Balaban J connectivity index is 1.03. The Morgan fingerprint density at radius 3 is 2.48 bits per heavy atom. The Kier molecular flexibility index (Phi) is 8.29. The number of halogens is 1. The standard InChI is InChI=1S/C32H37BrN6O3/c1-37-16-24(13-26(19-37)35-28-14-34-38(2)32(42)30(28)33)21-8-6-20(7-9-21)15-39-17-25(18-39)22-4-3-5-23(12-22)27-10-11-29(40)36-31(27)41/h3-9,12,14,24-27,35H,10-11,13,15-19H2,1-2H3,(H,36,40,41). The number of nitrogens with zero attached hydrogens (tertiary/aromatic N) is 4. The van der Waals surface area contributed by atoms with Crippen LogP contribution in [0, 0.1) is 0 Å². The fourth-order valence-corrected chi connectivity index (χ4v) is 7.07. The van der Waals surface area contributed by atoms with Crippen molar-refractivity contribution < 1.29 is 9.59 Å². The molecule has 2 N–H and O–H groups in total. The van der Waals surface area contributed by atoms with Crippen LogP contribution in [0.15, 0.2) is 64.0 Å². The van der Waals surface area contributed by atoms with E-state index >= 15 is 0 Å². The van der Waals surface area contributed by atoms with Crippen LogP contribution in [0.4, 0.5) is 5.69 Å². The first-order valence-electron chi connectivity index (χ1n) is 14.6. The van der Waals surface area contributed by atoms with Crippen molar-refractivity contribution in [2.24, 2.45) is 7.05 Å². The second kappa shape index (κ2) is 12.1. The third-order valence-electron chi connectivity index (χ3n) is 8.91. The number of amides is 2. The van der Waals surface area contributed by atoms with Crippen molar-refractivity contribution in [3.8, 4) is 0 Å². The number of likely N-dealkylation sites (N-methyl/N-ethyl adjacent to an activating group) is 1. The van der Waals surface area contributed by atoms with Crippen molar-refractivity contribution in [3.63, 3.8) is 0 Å². The molecule has 0 radical (unpaired) electrons. The maximum atomic E-state index is 12.3. The SMILES string of the molecule is CN1CC(Nc2cnn(C)c(=O)c2Br)CC(c2ccc(CN3CC(c4cccc(C5CCC(=O)NC5=O)c4)C3)cc2)C1. The molecule has 3 aliphatic rings. The van der Waals surface area contributed by atoms with Crippen molar-refractivity contribution in [3.05, 3.63) is 91.8 Å². The molecule has 4 heterocycles. The van der Waals surface area contributed by atoms with Crippen LogP contribution in [0.3, 0.4) is 0 Å². The first-order chi connectivity index (χ1) is 20.2. The second-order valence-corrected chi connectivity index (χ2v) is 12.9. The monoisotopic (exact) mass is 632 g/mol. The molecule has 10 heteroatoms. The molecule has 3 saturated heterocycles. The average molecular weight is 634 g/mol. The van der Waals surface area contributed by atoms with E-state index in [2.05, 4.69) is 84.9 Å². The highest BCUT2D eigenvalue weighted by Crippen LogP contribution is 2.33. The maximum Gasteiger partial charge on any atom is 0.282 e. The molecular formula is C32H37BrN6O3. The van der Waals surface area contributed by atoms with E-state index in [1.807, 2.05) is 12.1 Å². The minimum absolute atomic E-state index is 0.148. The van der Waals surface area contributed by atoms with E-state index in [1.165, 1.54) is 21.4 Å². The predicted octanol–water partition coefficient (Wildman–Crippen LogP) is 3.56. The van der Waals surface area contributed by atoms with Gasteiger partial charge < -0.3 is 10.2 Å². The number of carbonyl (C=O) groups excluding carboxylic acids is 2. The quantitative estimate of drug-likeness (QED) is 0.384. The largest absolute Gasteiger partial charge is 0.379 e. The van der Waals surface area contributed by atoms with Crippen molar-refractivity contribution in [1.29, 1.82) is 0 Å². The van der Waals surface area contributed by atoms with E-state index in [1.54, 1.807) is 13.2 Å². The summed E-state index contributed by atoms with van der Waals surface area (Å²) in [6.45, 7) is 4.81. The number of nitrogens with one attached hydrogen (secondary N) is 2. The molecule has 0 bridgehead atoms. The normalized spacial score (nSPS) is 23.8. The smallest absolute Gasteiger partial charge is 0.282 e. The van der Waals surface area contributed by atoms with Gasteiger partial charge in [-0.15, -0.1) is 0 Å². The van der Waals surface area contributed by atoms with E-state index in [-0.39, 0.29) is 29.3 Å². The zero-order chi connectivity index (χ0) is 29.4. The molecule has 3 aliphatic heterocycles. The number of likely N-dealkylation sites (tertiary alicyclic amines) is 2. The molecule has 2 aromatic carbocycles. The van der Waals surface area contributed by atoms with Crippen LogP contribution in [-0.2, 0) is 23.2 Å². The first kappa shape index (κ1) is 28.8. The molecule has 9 nitrogen and oxygen atoms in total. The summed E-state index contributed by atoms with van der Waals surface area (Å²) in [4.78, 5) is 40.9. The molecule has 220 valence electrons. The molecular weight excluding hydrogens is 596 g/mol. The Hall–Kier alpha value is -3.34. The summed E-state index contributed by atoms with van der Waals surface area (Å²) >= 11 is 3.43. The van der Waals surface area contributed by atoms with Gasteiger partial charge in [0.2, 0.25) is 11.8 Å². The lowest BCUT2D eigenvalue weighted by atomic mass is 9.85. The minimum atomic E-state index is -0.237. The maximum absolute atomic E-state index is 12.3. The Morgan fingerprint density at radius 2 is 1.71 bits per heavy atom. The molecule has 0 aliphatic carbocycles. The number of rotatable bonds is 7. The lowest BCUT2D eigenvalue weighted by Crippen LogP contribution is -2.44. The Bertz CT molecular complexity index is 1530. The van der Waals surface area contributed by atoms with Gasteiger partial charge in [0.25, 0.3) is 5.56 Å². The molecule has 2 amide bonds. The van der Waals surface area contributed by atoms with Gasteiger partial charge in [-0.05, 0) is 64.0 Å². The summed E-state index contributed by atoms with van der Waals surface area (Å²) in [5.41, 5.74) is 5.52. The summed E-state index contributed by atoms with van der Waals surface area (Å²) < 4.78 is 1.85. The summed E-state index contributed by atoms with van der Waals surface area (Å²) in [6.07, 6.45) is 3.67. The zero-order valence-corrected chi connectivity index (χ0v) is 25.6. The number of aromatic nitrogens is 2. The van der Waals surface area contributed by atoms with E-state index in [0.717, 1.165) is 50.4 Å². The van der Waals surface area contributed by atoms with Gasteiger partial charge in [0.1, 0.15) is 4.47 Å². The van der Waals surface area contributed by atoms with Crippen molar-refractivity contribution >= 4 is 33.4 Å². The van der Waals surface area contributed by atoms with Crippen molar-refractivity contribution in [2.45, 2.75) is 49.6 Å². The highest BCUT2D eigenvalue weighted by molar-refractivity contribution is 9.10. The number of hydrogen-bond donors (Lipinski definition) is 2. The highest BCUT2D eigenvalue weighted by atomic mass is 79.9. The summed E-state index contributed by atoms with van der Waals surface area (Å²) in [7, 11) is 3.79. The van der Waals surface area contributed by atoms with Gasteiger partial charge in [-0.1, -0.05) is 48.5 Å². The van der Waals surface area contributed by atoms with Gasteiger partial charge in [0, 0.05) is 58.2 Å². The summed E-state index contributed by atoms with van der Waals surface area (Å²) in [6, 6.07) is 17.6. The highest BCUT2D eigenvalue weighted by Gasteiger charge is 2.32. The number of aryl methyl sites for hydroxylation is 1. The van der Waals surface area contributed by atoms with Crippen LogP contribution in [0.1, 0.15) is 59.3 Å². The zero-order valence-electron chi connectivity index (χ0n) is 24.1.